The highest BCUT2D eigenvalue weighted by Crippen LogP contribution is 2.30. The Kier molecular flexibility index (Phi) is 4.40. The fourth-order valence-corrected chi connectivity index (χ4v) is 1.97. The van der Waals surface area contributed by atoms with Gasteiger partial charge in [0.1, 0.15) is 11.5 Å². The van der Waals surface area contributed by atoms with E-state index in [1.807, 2.05) is 38.1 Å². The smallest absolute Gasteiger partial charge is 0.146 e. The lowest BCUT2D eigenvalue weighted by Gasteiger charge is -2.10. The Bertz CT molecular complexity index is 570. The van der Waals surface area contributed by atoms with Crippen molar-refractivity contribution in [1.29, 1.82) is 0 Å². The molecule has 2 aromatic rings. The van der Waals surface area contributed by atoms with Crippen LogP contribution in [-0.4, -0.2) is 11.0 Å². The zero-order valence-electron chi connectivity index (χ0n) is 11.1. The van der Waals surface area contributed by atoms with Crippen LogP contribution in [0.25, 0.3) is 0 Å². The summed E-state index contributed by atoms with van der Waals surface area (Å²) < 4.78 is 5.78. The molecule has 19 heavy (non-hydrogen) atoms. The second-order valence-corrected chi connectivity index (χ2v) is 5.15. The summed E-state index contributed by atoms with van der Waals surface area (Å²) in [5.41, 5.74) is 7.93. The summed E-state index contributed by atoms with van der Waals surface area (Å²) >= 11 is 6.10. The highest BCUT2D eigenvalue weighted by molar-refractivity contribution is 6.32. The first-order chi connectivity index (χ1) is 9.04. The zero-order chi connectivity index (χ0) is 13.8. The van der Waals surface area contributed by atoms with Gasteiger partial charge in [-0.2, -0.15) is 0 Å². The van der Waals surface area contributed by atoms with Gasteiger partial charge in [0.2, 0.25) is 0 Å². The lowest BCUT2D eigenvalue weighted by Crippen LogP contribution is -2.17. The number of nitrogens with zero attached hydrogens (tertiary/aromatic N) is 1. The van der Waals surface area contributed by atoms with E-state index in [9.17, 15) is 0 Å². The van der Waals surface area contributed by atoms with E-state index in [-0.39, 0.29) is 6.04 Å². The number of nitrogens with two attached hydrogens (primary N) is 1. The monoisotopic (exact) mass is 276 g/mol. The number of benzene rings is 1. The van der Waals surface area contributed by atoms with Gasteiger partial charge in [-0.05, 0) is 49.6 Å². The molecule has 3 nitrogen and oxygen atoms in total. The molecule has 0 radical (unpaired) electrons. The van der Waals surface area contributed by atoms with Crippen LogP contribution in [0.5, 0.6) is 11.5 Å². The van der Waals surface area contributed by atoms with Crippen molar-refractivity contribution in [3.05, 3.63) is 52.8 Å². The number of pyridine rings is 1. The molecular formula is C15H17ClN2O. The fraction of sp³-hybridized carbons (Fsp3) is 0.267. The number of aromatic nitrogens is 1. The minimum absolute atomic E-state index is 0.0969. The molecule has 1 aromatic carbocycles. The summed E-state index contributed by atoms with van der Waals surface area (Å²) in [7, 11) is 0. The van der Waals surface area contributed by atoms with E-state index in [2.05, 4.69) is 4.98 Å². The van der Waals surface area contributed by atoms with Gasteiger partial charge in [0.25, 0.3) is 0 Å². The predicted octanol–water partition coefficient (Wildman–Crippen LogP) is 3.73. The van der Waals surface area contributed by atoms with Crippen LogP contribution >= 0.6 is 11.6 Å². The number of aryl methyl sites for hydroxylation is 1. The average Bonchev–Trinajstić information content (AvgIpc) is 2.33. The van der Waals surface area contributed by atoms with Crippen LogP contribution in [0.4, 0.5) is 0 Å². The van der Waals surface area contributed by atoms with Gasteiger partial charge in [0, 0.05) is 12.2 Å². The highest BCUT2D eigenvalue weighted by atomic mass is 35.5. The maximum atomic E-state index is 6.10. The standard InChI is InChI=1S/C15H17ClN2O/c1-10-3-4-14(16)15(5-10)19-13-7-12(6-11(2)17)8-18-9-13/h3-5,7-9,11H,6,17H2,1-2H3. The minimum Gasteiger partial charge on any atom is -0.454 e. The van der Waals surface area contributed by atoms with Crippen LogP contribution in [0.15, 0.2) is 36.7 Å². The number of rotatable bonds is 4. The molecule has 0 amide bonds. The summed E-state index contributed by atoms with van der Waals surface area (Å²) in [5, 5.41) is 0.586. The third-order valence-electron chi connectivity index (χ3n) is 2.64. The fourth-order valence-electron chi connectivity index (χ4n) is 1.82. The van der Waals surface area contributed by atoms with Crippen molar-refractivity contribution in [2.24, 2.45) is 5.73 Å². The third-order valence-corrected chi connectivity index (χ3v) is 2.95. The Balaban J connectivity index is 2.21. The molecule has 0 aliphatic carbocycles. The second-order valence-electron chi connectivity index (χ2n) is 4.75. The van der Waals surface area contributed by atoms with Crippen molar-refractivity contribution in [3.8, 4) is 11.5 Å². The molecule has 1 aromatic heterocycles. The highest BCUT2D eigenvalue weighted by Gasteiger charge is 2.05. The van der Waals surface area contributed by atoms with E-state index >= 15 is 0 Å². The lowest BCUT2D eigenvalue weighted by molar-refractivity contribution is 0.479. The van der Waals surface area contributed by atoms with E-state index < -0.39 is 0 Å². The molecular weight excluding hydrogens is 260 g/mol. The molecule has 1 heterocycles. The number of hydrogen-bond donors (Lipinski definition) is 1. The molecule has 1 atom stereocenters. The lowest BCUT2D eigenvalue weighted by atomic mass is 10.1. The van der Waals surface area contributed by atoms with E-state index in [0.717, 1.165) is 17.5 Å². The van der Waals surface area contributed by atoms with Gasteiger partial charge in [-0.3, -0.25) is 4.98 Å². The molecule has 4 heteroatoms. The van der Waals surface area contributed by atoms with Crippen molar-refractivity contribution >= 4 is 11.6 Å². The molecule has 100 valence electrons. The van der Waals surface area contributed by atoms with Crippen LogP contribution in [0.2, 0.25) is 5.02 Å². The van der Waals surface area contributed by atoms with Crippen molar-refractivity contribution in [2.75, 3.05) is 0 Å². The first-order valence-electron chi connectivity index (χ1n) is 6.18. The SMILES string of the molecule is Cc1ccc(Cl)c(Oc2cncc(CC(C)N)c2)c1. The third kappa shape index (κ3) is 3.94. The number of halogens is 1. The maximum Gasteiger partial charge on any atom is 0.146 e. The Labute approximate surface area is 118 Å². The normalized spacial score (nSPS) is 12.2. The molecule has 1 unspecified atom stereocenters. The molecule has 0 fully saturated rings. The van der Waals surface area contributed by atoms with Gasteiger partial charge in [-0.15, -0.1) is 0 Å². The quantitative estimate of drug-likeness (QED) is 0.926. The van der Waals surface area contributed by atoms with Gasteiger partial charge in [0.05, 0.1) is 11.2 Å². The van der Waals surface area contributed by atoms with Crippen LogP contribution in [0.1, 0.15) is 18.1 Å². The first-order valence-corrected chi connectivity index (χ1v) is 6.56. The predicted molar refractivity (Wildman–Crippen MR) is 77.9 cm³/mol. The molecule has 0 saturated carbocycles. The number of hydrogen-bond acceptors (Lipinski definition) is 3. The van der Waals surface area contributed by atoms with E-state index in [1.54, 1.807) is 12.4 Å². The van der Waals surface area contributed by atoms with E-state index in [1.165, 1.54) is 0 Å². The summed E-state index contributed by atoms with van der Waals surface area (Å²) in [4.78, 5) is 4.16. The van der Waals surface area contributed by atoms with E-state index in [4.69, 9.17) is 22.1 Å². The molecule has 0 spiro atoms. The van der Waals surface area contributed by atoms with E-state index in [0.29, 0.717) is 16.5 Å². The maximum absolute atomic E-state index is 6.10. The van der Waals surface area contributed by atoms with Gasteiger partial charge in [-0.25, -0.2) is 0 Å². The second kappa shape index (κ2) is 6.04. The topological polar surface area (TPSA) is 48.1 Å². The summed E-state index contributed by atoms with van der Waals surface area (Å²) in [6.07, 6.45) is 4.24. The largest absolute Gasteiger partial charge is 0.454 e. The molecule has 2 N–H and O–H groups in total. The van der Waals surface area contributed by atoms with Crippen LogP contribution < -0.4 is 10.5 Å². The van der Waals surface area contributed by atoms with Crippen molar-refractivity contribution in [3.63, 3.8) is 0 Å². The van der Waals surface area contributed by atoms with Crippen molar-refractivity contribution in [2.45, 2.75) is 26.3 Å². The minimum atomic E-state index is 0.0969. The van der Waals surface area contributed by atoms with Gasteiger partial charge >= 0.3 is 0 Å². The van der Waals surface area contributed by atoms with Crippen molar-refractivity contribution < 1.29 is 4.74 Å². The van der Waals surface area contributed by atoms with Crippen molar-refractivity contribution in [1.82, 2.24) is 4.98 Å². The molecule has 0 bridgehead atoms. The number of ether oxygens (including phenoxy) is 1. The Morgan fingerprint density at radius 2 is 2.11 bits per heavy atom. The first kappa shape index (κ1) is 13.8. The van der Waals surface area contributed by atoms with Gasteiger partial charge in [-0.1, -0.05) is 17.7 Å². The Hall–Kier alpha value is -1.58. The zero-order valence-corrected chi connectivity index (χ0v) is 11.8. The Morgan fingerprint density at radius 3 is 2.84 bits per heavy atom. The molecule has 2 rings (SSSR count). The van der Waals surface area contributed by atoms with Gasteiger partial charge in [0.15, 0.2) is 0 Å². The van der Waals surface area contributed by atoms with Gasteiger partial charge < -0.3 is 10.5 Å². The summed E-state index contributed by atoms with van der Waals surface area (Å²) in [6.45, 7) is 3.96. The molecule has 0 aliphatic heterocycles. The van der Waals surface area contributed by atoms with Crippen LogP contribution in [0, 0.1) is 6.92 Å². The summed E-state index contributed by atoms with van der Waals surface area (Å²) in [5.74, 6) is 1.31. The molecule has 0 aliphatic rings. The molecule has 0 saturated heterocycles. The summed E-state index contributed by atoms with van der Waals surface area (Å²) in [6, 6.07) is 7.71. The Morgan fingerprint density at radius 1 is 1.32 bits per heavy atom. The van der Waals surface area contributed by atoms with Crippen LogP contribution in [0.3, 0.4) is 0 Å². The van der Waals surface area contributed by atoms with Crippen LogP contribution in [-0.2, 0) is 6.42 Å². The average molecular weight is 277 g/mol.